The number of hydrogen-bond donors (Lipinski definition) is 4. The lowest BCUT2D eigenvalue weighted by Gasteiger charge is -2.28. The third kappa shape index (κ3) is 5.93. The third-order valence-corrected chi connectivity index (χ3v) is 6.81. The number of carbonyl (C=O) groups excluding carboxylic acids is 1. The summed E-state index contributed by atoms with van der Waals surface area (Å²) in [4.78, 5) is 35.7. The number of nitrogens with one attached hydrogen (secondary N) is 3. The largest absolute Gasteiger partial charge is 0.348 e. The molecule has 3 heterocycles. The summed E-state index contributed by atoms with van der Waals surface area (Å²) < 4.78 is 18.2. The lowest BCUT2D eigenvalue weighted by atomic mass is 10.2. The number of anilines is 1. The summed E-state index contributed by atoms with van der Waals surface area (Å²) >= 11 is 11.6. The number of aromatic nitrogens is 2. The molecule has 2 aromatic carbocycles. The van der Waals surface area contributed by atoms with Gasteiger partial charge < -0.3 is 35.9 Å². The Labute approximate surface area is 233 Å². The summed E-state index contributed by atoms with van der Waals surface area (Å²) in [5.74, 6) is 0.291. The van der Waals surface area contributed by atoms with E-state index in [2.05, 4.69) is 20.9 Å². The number of hydrogen-bond acceptors (Lipinski definition) is 9. The van der Waals surface area contributed by atoms with Gasteiger partial charge in [-0.1, -0.05) is 36.0 Å². The standard InChI is InChI=1S/C25H26ClN7O5S/c1-13(38-22-20(27)23(39)30-12-29-22)21-32-17-7-3-6-16(26)19(17)24(34)33(21)15-5-2-4-14(10-15)31-25(35)28-11-18-36-8-9-37-18/h2-7,10,12-13,18,20,22H,8-9,11,27H2,1H3,(H2,28,31,35)(H,29,30,39)/t13-,20?,22?/m0/s1. The van der Waals surface area contributed by atoms with E-state index in [1.807, 2.05) is 0 Å². The van der Waals surface area contributed by atoms with Gasteiger partial charge in [-0.3, -0.25) is 9.36 Å². The van der Waals surface area contributed by atoms with Crippen LogP contribution >= 0.6 is 23.8 Å². The fraction of sp³-hybridized carbons (Fsp3) is 0.320. The van der Waals surface area contributed by atoms with Crippen LogP contribution in [0, 0.1) is 0 Å². The van der Waals surface area contributed by atoms with E-state index in [0.717, 1.165) is 0 Å². The lowest BCUT2D eigenvalue weighted by molar-refractivity contribution is -0.0369. The number of nitrogens with two attached hydrogens (primary N) is 1. The molecule has 5 N–H and O–H groups in total. The van der Waals surface area contributed by atoms with E-state index in [0.29, 0.717) is 40.9 Å². The van der Waals surface area contributed by atoms with Crippen LogP contribution in [0.5, 0.6) is 0 Å². The fourth-order valence-electron chi connectivity index (χ4n) is 4.21. The first-order valence-electron chi connectivity index (χ1n) is 12.1. The van der Waals surface area contributed by atoms with Gasteiger partial charge in [0.15, 0.2) is 12.5 Å². The predicted octanol–water partition coefficient (Wildman–Crippen LogP) is 2.22. The van der Waals surface area contributed by atoms with E-state index in [4.69, 9.17) is 48.7 Å². The molecule has 12 nitrogen and oxygen atoms in total. The number of rotatable bonds is 7. The summed E-state index contributed by atoms with van der Waals surface area (Å²) in [6.45, 7) is 2.91. The number of ether oxygens (including phenoxy) is 3. The van der Waals surface area contributed by atoms with Gasteiger partial charge in [0, 0.05) is 5.69 Å². The first-order chi connectivity index (χ1) is 18.8. The van der Waals surface area contributed by atoms with Crippen molar-refractivity contribution in [2.75, 3.05) is 25.1 Å². The number of thiocarbonyl (C=S) groups is 1. The normalized spacial score (nSPS) is 20.1. The second-order valence-electron chi connectivity index (χ2n) is 8.78. The minimum atomic E-state index is -0.779. The van der Waals surface area contributed by atoms with E-state index >= 15 is 0 Å². The fourth-order valence-corrected chi connectivity index (χ4v) is 4.63. The van der Waals surface area contributed by atoms with Crippen molar-refractivity contribution in [1.82, 2.24) is 20.2 Å². The molecule has 0 radical (unpaired) electrons. The number of benzene rings is 2. The molecule has 3 atom stereocenters. The monoisotopic (exact) mass is 571 g/mol. The van der Waals surface area contributed by atoms with Gasteiger partial charge in [0.2, 0.25) is 0 Å². The number of nitrogens with zero attached hydrogens (tertiary/aromatic N) is 3. The first-order valence-corrected chi connectivity index (χ1v) is 12.9. The molecule has 3 aromatic rings. The highest BCUT2D eigenvalue weighted by atomic mass is 35.5. The van der Waals surface area contributed by atoms with Crippen LogP contribution in [0.25, 0.3) is 16.6 Å². The quantitative estimate of drug-likeness (QED) is 0.312. The number of halogens is 1. The molecule has 39 heavy (non-hydrogen) atoms. The second kappa shape index (κ2) is 11.7. The Kier molecular flexibility index (Phi) is 8.16. The maximum atomic E-state index is 13.8. The maximum Gasteiger partial charge on any atom is 0.319 e. The molecule has 2 aliphatic rings. The lowest BCUT2D eigenvalue weighted by Crippen LogP contribution is -2.51. The predicted molar refractivity (Wildman–Crippen MR) is 151 cm³/mol. The van der Waals surface area contributed by atoms with E-state index in [1.54, 1.807) is 49.4 Å². The van der Waals surface area contributed by atoms with Crippen molar-refractivity contribution in [2.45, 2.75) is 31.6 Å². The first kappa shape index (κ1) is 27.1. The molecule has 0 spiro atoms. The molecule has 1 aromatic heterocycles. The van der Waals surface area contributed by atoms with E-state index in [1.165, 1.54) is 10.9 Å². The number of fused-ring (bicyclic) bond motifs is 1. The van der Waals surface area contributed by atoms with E-state index in [-0.39, 0.29) is 17.0 Å². The van der Waals surface area contributed by atoms with Gasteiger partial charge in [-0.2, -0.15) is 0 Å². The highest BCUT2D eigenvalue weighted by Gasteiger charge is 2.29. The van der Waals surface area contributed by atoms with Gasteiger partial charge in [-0.25, -0.2) is 14.8 Å². The Morgan fingerprint density at radius 3 is 2.87 bits per heavy atom. The topological polar surface area (TPSA) is 154 Å². The van der Waals surface area contributed by atoms with Gasteiger partial charge in [0.1, 0.15) is 23.0 Å². The zero-order valence-corrected chi connectivity index (χ0v) is 22.4. The van der Waals surface area contributed by atoms with Gasteiger partial charge in [-0.15, -0.1) is 0 Å². The van der Waals surface area contributed by atoms with Crippen molar-refractivity contribution >= 4 is 57.8 Å². The minimum absolute atomic E-state index is 0.196. The summed E-state index contributed by atoms with van der Waals surface area (Å²) in [5.41, 5.74) is 7.05. The Morgan fingerprint density at radius 1 is 1.31 bits per heavy atom. The minimum Gasteiger partial charge on any atom is -0.348 e. The van der Waals surface area contributed by atoms with Crippen LogP contribution in [-0.4, -0.2) is 65.2 Å². The van der Waals surface area contributed by atoms with Crippen LogP contribution in [0.2, 0.25) is 5.02 Å². The van der Waals surface area contributed by atoms with Gasteiger partial charge >= 0.3 is 6.03 Å². The van der Waals surface area contributed by atoms with Crippen LogP contribution in [0.1, 0.15) is 18.9 Å². The molecule has 204 valence electrons. The highest BCUT2D eigenvalue weighted by Crippen LogP contribution is 2.26. The number of amides is 2. The third-order valence-electron chi connectivity index (χ3n) is 6.10. The van der Waals surface area contributed by atoms with Crippen LogP contribution in [0.15, 0.2) is 52.3 Å². The Bertz CT molecular complexity index is 1490. The van der Waals surface area contributed by atoms with Crippen LogP contribution in [-0.2, 0) is 14.2 Å². The molecule has 1 saturated heterocycles. The van der Waals surface area contributed by atoms with Crippen molar-refractivity contribution in [3.05, 3.63) is 63.7 Å². The Hall–Kier alpha value is -3.46. The smallest absolute Gasteiger partial charge is 0.319 e. The molecule has 1 fully saturated rings. The van der Waals surface area contributed by atoms with Crippen molar-refractivity contribution in [1.29, 1.82) is 0 Å². The zero-order chi connectivity index (χ0) is 27.5. The average Bonchev–Trinajstić information content (AvgIpc) is 3.44. The van der Waals surface area contributed by atoms with Gasteiger partial charge in [-0.05, 0) is 37.3 Å². The molecule has 0 bridgehead atoms. The molecule has 5 rings (SSSR count). The van der Waals surface area contributed by atoms with Crippen molar-refractivity contribution in [3.8, 4) is 5.69 Å². The van der Waals surface area contributed by atoms with Crippen molar-refractivity contribution in [2.24, 2.45) is 10.7 Å². The van der Waals surface area contributed by atoms with Crippen LogP contribution in [0.4, 0.5) is 10.5 Å². The molecule has 14 heteroatoms. The molecule has 0 aliphatic carbocycles. The van der Waals surface area contributed by atoms with Gasteiger partial charge in [0.05, 0.1) is 47.7 Å². The summed E-state index contributed by atoms with van der Waals surface area (Å²) in [5, 5.41) is 8.76. The number of urea groups is 1. The van der Waals surface area contributed by atoms with Gasteiger partial charge in [0.25, 0.3) is 5.56 Å². The molecule has 0 saturated carbocycles. The van der Waals surface area contributed by atoms with Crippen LogP contribution < -0.4 is 27.2 Å². The summed E-state index contributed by atoms with van der Waals surface area (Å²) in [6.07, 6.45) is -0.570. The second-order valence-corrected chi connectivity index (χ2v) is 9.63. The molecule has 2 aliphatic heterocycles. The highest BCUT2D eigenvalue weighted by molar-refractivity contribution is 7.80. The maximum absolute atomic E-state index is 13.8. The molecular weight excluding hydrogens is 546 g/mol. The summed E-state index contributed by atoms with van der Waals surface area (Å²) in [7, 11) is 0. The van der Waals surface area contributed by atoms with E-state index < -0.39 is 36.3 Å². The van der Waals surface area contributed by atoms with Crippen molar-refractivity contribution < 1.29 is 19.0 Å². The average molecular weight is 572 g/mol. The number of aliphatic imine (C=N–C) groups is 1. The Morgan fingerprint density at radius 2 is 2.08 bits per heavy atom. The molecule has 2 unspecified atom stereocenters. The zero-order valence-electron chi connectivity index (χ0n) is 20.8. The molecule has 2 amide bonds. The summed E-state index contributed by atoms with van der Waals surface area (Å²) in [6, 6.07) is 10.7. The SMILES string of the molecule is C[C@H](OC1N=CNC(=S)C1N)c1nc2cccc(Cl)c2c(=O)n1-c1cccc(NC(=O)NCC2OCCO2)c1. The number of carbonyl (C=O) groups is 1. The Balaban J connectivity index is 1.49. The van der Waals surface area contributed by atoms with Crippen molar-refractivity contribution in [3.63, 3.8) is 0 Å². The van der Waals surface area contributed by atoms with Crippen LogP contribution in [0.3, 0.4) is 0 Å². The van der Waals surface area contributed by atoms with E-state index in [9.17, 15) is 9.59 Å². The molecular formula is C25H26ClN7O5S.